The molecule has 8 aromatic rings. The van der Waals surface area contributed by atoms with Gasteiger partial charge >= 0.3 is 0 Å². The van der Waals surface area contributed by atoms with Crippen LogP contribution in [0.15, 0.2) is 182 Å². The molecule has 0 fully saturated rings. The smallest absolute Gasteiger partial charge is 0.000764 e. The molecule has 1 aliphatic rings. The van der Waals surface area contributed by atoms with Crippen LogP contribution in [0.2, 0.25) is 0 Å². The summed E-state index contributed by atoms with van der Waals surface area (Å²) >= 11 is 0. The lowest BCUT2D eigenvalue weighted by atomic mass is 9.81. The molecule has 0 heteroatoms. The molecule has 8 aromatic carbocycles. The van der Waals surface area contributed by atoms with E-state index in [9.17, 15) is 0 Å². The van der Waals surface area contributed by atoms with Crippen molar-refractivity contribution in [3.8, 4) is 77.9 Å². The van der Waals surface area contributed by atoms with Crippen LogP contribution < -0.4 is 0 Å². The molecule has 0 radical (unpaired) electrons. The molecule has 214 valence electrons. The Bertz CT molecular complexity index is 2310. The molecule has 0 nitrogen and oxygen atoms in total. The SMILES string of the molecule is c1ccc(-c2cc(-c3ccccc3)cc(-c3cc(-c4ccccc4)c4c(c3-c3ccccc3)-c3cccc5cccc-4c35)c2)cc1. The molecule has 0 bridgehead atoms. The van der Waals surface area contributed by atoms with E-state index in [0.29, 0.717) is 0 Å². The average molecular weight is 583 g/mol. The first-order valence-corrected chi connectivity index (χ1v) is 15.9. The highest BCUT2D eigenvalue weighted by Gasteiger charge is 2.30. The predicted molar refractivity (Wildman–Crippen MR) is 196 cm³/mol. The van der Waals surface area contributed by atoms with Crippen LogP contribution in [0.1, 0.15) is 0 Å². The highest BCUT2D eigenvalue weighted by Crippen LogP contribution is 2.57. The highest BCUT2D eigenvalue weighted by molar-refractivity contribution is 6.22. The van der Waals surface area contributed by atoms with E-state index in [2.05, 4.69) is 182 Å². The van der Waals surface area contributed by atoms with Crippen LogP contribution in [-0.2, 0) is 0 Å². The summed E-state index contributed by atoms with van der Waals surface area (Å²) in [4.78, 5) is 0. The number of benzene rings is 8. The topological polar surface area (TPSA) is 0 Å². The summed E-state index contributed by atoms with van der Waals surface area (Å²) in [5, 5.41) is 2.62. The normalized spacial score (nSPS) is 11.5. The van der Waals surface area contributed by atoms with Gasteiger partial charge in [0.15, 0.2) is 0 Å². The average Bonchev–Trinajstić information content (AvgIpc) is 3.48. The first-order chi connectivity index (χ1) is 22.8. The van der Waals surface area contributed by atoms with Gasteiger partial charge in [-0.25, -0.2) is 0 Å². The summed E-state index contributed by atoms with van der Waals surface area (Å²) in [5.41, 5.74) is 17.6. The van der Waals surface area contributed by atoms with Gasteiger partial charge in [-0.2, -0.15) is 0 Å². The second-order valence-electron chi connectivity index (χ2n) is 12.1. The minimum Gasteiger partial charge on any atom is -0.0622 e. The molecule has 0 atom stereocenters. The van der Waals surface area contributed by atoms with Crippen LogP contribution in [0, 0.1) is 0 Å². The Morgan fingerprint density at radius 1 is 0.217 bits per heavy atom. The van der Waals surface area contributed by atoms with Crippen molar-refractivity contribution in [3.05, 3.63) is 182 Å². The maximum Gasteiger partial charge on any atom is -0.000764 e. The van der Waals surface area contributed by atoms with Gasteiger partial charge in [0.25, 0.3) is 0 Å². The molecule has 0 saturated heterocycles. The molecule has 0 aromatic heterocycles. The summed E-state index contributed by atoms with van der Waals surface area (Å²) in [6.45, 7) is 0. The van der Waals surface area contributed by atoms with E-state index in [1.54, 1.807) is 0 Å². The zero-order chi connectivity index (χ0) is 30.5. The molecule has 0 spiro atoms. The van der Waals surface area contributed by atoms with E-state index in [0.717, 1.165) is 0 Å². The Labute approximate surface area is 269 Å². The standard InChI is InChI=1S/C46H30/c1-5-15-31(16-6-1)36-27-37(32-17-7-2-8-18-32)29-38(28-36)42-30-41(33-19-9-3-10-20-33)45-39-25-13-23-34-24-14-26-40(43(34)39)46(45)44(42)35-21-11-4-12-22-35/h1-30H. The van der Waals surface area contributed by atoms with Crippen LogP contribution in [0.5, 0.6) is 0 Å². The highest BCUT2D eigenvalue weighted by atomic mass is 14.3. The van der Waals surface area contributed by atoms with Crippen LogP contribution in [0.3, 0.4) is 0 Å². The lowest BCUT2D eigenvalue weighted by molar-refractivity contribution is 1.54. The van der Waals surface area contributed by atoms with E-state index < -0.39 is 0 Å². The summed E-state index contributed by atoms with van der Waals surface area (Å²) in [6, 6.07) is 66.5. The fourth-order valence-corrected chi connectivity index (χ4v) is 7.35. The van der Waals surface area contributed by atoms with Crippen molar-refractivity contribution >= 4 is 10.8 Å². The molecular formula is C46H30. The second-order valence-corrected chi connectivity index (χ2v) is 12.1. The largest absolute Gasteiger partial charge is 0.0622 e. The first-order valence-electron chi connectivity index (χ1n) is 15.9. The van der Waals surface area contributed by atoms with Gasteiger partial charge in [-0.05, 0) is 113 Å². The molecule has 9 rings (SSSR count). The van der Waals surface area contributed by atoms with Crippen molar-refractivity contribution in [2.75, 3.05) is 0 Å². The summed E-state index contributed by atoms with van der Waals surface area (Å²) in [6.07, 6.45) is 0. The van der Waals surface area contributed by atoms with Gasteiger partial charge in [-0.15, -0.1) is 0 Å². The van der Waals surface area contributed by atoms with Gasteiger partial charge in [0.2, 0.25) is 0 Å². The quantitative estimate of drug-likeness (QED) is 0.189. The van der Waals surface area contributed by atoms with Crippen LogP contribution in [0.25, 0.3) is 88.7 Å². The van der Waals surface area contributed by atoms with E-state index in [1.165, 1.54) is 88.7 Å². The molecular weight excluding hydrogens is 553 g/mol. The lowest BCUT2D eigenvalue weighted by Crippen LogP contribution is -1.95. The van der Waals surface area contributed by atoms with Gasteiger partial charge in [0.1, 0.15) is 0 Å². The summed E-state index contributed by atoms with van der Waals surface area (Å²) in [5.74, 6) is 0. The fraction of sp³-hybridized carbons (Fsp3) is 0. The van der Waals surface area contributed by atoms with Crippen molar-refractivity contribution in [1.82, 2.24) is 0 Å². The molecule has 0 saturated carbocycles. The minimum atomic E-state index is 1.21. The Morgan fingerprint density at radius 3 is 1.20 bits per heavy atom. The third-order valence-electron chi connectivity index (χ3n) is 9.38. The monoisotopic (exact) mass is 582 g/mol. The predicted octanol–water partition coefficient (Wildman–Crippen LogP) is 12.8. The molecule has 0 heterocycles. The minimum absolute atomic E-state index is 1.21. The number of fused-ring (bicyclic) bond motifs is 3. The van der Waals surface area contributed by atoms with E-state index in [4.69, 9.17) is 0 Å². The number of hydrogen-bond donors (Lipinski definition) is 0. The van der Waals surface area contributed by atoms with Crippen LogP contribution >= 0.6 is 0 Å². The molecule has 0 aliphatic heterocycles. The summed E-state index contributed by atoms with van der Waals surface area (Å²) < 4.78 is 0. The van der Waals surface area contributed by atoms with Crippen molar-refractivity contribution < 1.29 is 0 Å². The Kier molecular flexibility index (Phi) is 6.25. The Balaban J connectivity index is 1.44. The van der Waals surface area contributed by atoms with Gasteiger partial charge in [-0.1, -0.05) is 158 Å². The fourth-order valence-electron chi connectivity index (χ4n) is 7.35. The molecule has 0 N–H and O–H groups in total. The summed E-state index contributed by atoms with van der Waals surface area (Å²) in [7, 11) is 0. The van der Waals surface area contributed by atoms with Crippen molar-refractivity contribution in [2.45, 2.75) is 0 Å². The van der Waals surface area contributed by atoms with E-state index >= 15 is 0 Å². The van der Waals surface area contributed by atoms with E-state index in [-0.39, 0.29) is 0 Å². The number of rotatable bonds is 5. The van der Waals surface area contributed by atoms with Crippen LogP contribution in [-0.4, -0.2) is 0 Å². The maximum absolute atomic E-state index is 2.46. The second kappa shape index (κ2) is 10.9. The van der Waals surface area contributed by atoms with Gasteiger partial charge in [-0.3, -0.25) is 0 Å². The third-order valence-corrected chi connectivity index (χ3v) is 9.38. The van der Waals surface area contributed by atoms with Gasteiger partial charge < -0.3 is 0 Å². The van der Waals surface area contributed by atoms with Crippen molar-refractivity contribution in [2.24, 2.45) is 0 Å². The lowest BCUT2D eigenvalue weighted by Gasteiger charge is -2.22. The molecule has 0 amide bonds. The zero-order valence-electron chi connectivity index (χ0n) is 25.3. The maximum atomic E-state index is 2.46. The van der Waals surface area contributed by atoms with Crippen molar-refractivity contribution in [3.63, 3.8) is 0 Å². The zero-order valence-corrected chi connectivity index (χ0v) is 25.3. The Hall–Kier alpha value is -5.98. The van der Waals surface area contributed by atoms with E-state index in [1.807, 2.05) is 0 Å². The first kappa shape index (κ1) is 26.4. The molecule has 1 aliphatic carbocycles. The molecule has 46 heavy (non-hydrogen) atoms. The van der Waals surface area contributed by atoms with Crippen LogP contribution in [0.4, 0.5) is 0 Å². The van der Waals surface area contributed by atoms with Gasteiger partial charge in [0.05, 0.1) is 0 Å². The molecule has 0 unspecified atom stereocenters. The third kappa shape index (κ3) is 4.30. The van der Waals surface area contributed by atoms with Gasteiger partial charge in [0, 0.05) is 0 Å². The number of hydrogen-bond acceptors (Lipinski definition) is 0. The van der Waals surface area contributed by atoms with Crippen molar-refractivity contribution in [1.29, 1.82) is 0 Å². The Morgan fingerprint density at radius 2 is 0.652 bits per heavy atom.